The molecule has 1 saturated carbocycles. The van der Waals surface area contributed by atoms with Gasteiger partial charge < -0.3 is 31.5 Å². The van der Waals surface area contributed by atoms with Crippen LogP contribution in [0, 0.1) is 11.7 Å². The number of aliphatic hydroxyl groups is 2. The molecule has 9 nitrogen and oxygen atoms in total. The van der Waals surface area contributed by atoms with Crippen LogP contribution in [-0.4, -0.2) is 63.6 Å². The Morgan fingerprint density at radius 2 is 1.69 bits per heavy atom. The van der Waals surface area contributed by atoms with E-state index in [1.807, 2.05) is 45.0 Å². The average molecular weight is 539 g/mol. The third-order valence-electron chi connectivity index (χ3n) is 7.22. The van der Waals surface area contributed by atoms with Crippen molar-refractivity contribution in [3.8, 4) is 11.1 Å². The van der Waals surface area contributed by atoms with Crippen molar-refractivity contribution in [3.05, 3.63) is 48.3 Å². The number of carbonyl (C=O) groups is 1. The van der Waals surface area contributed by atoms with Gasteiger partial charge in [0.25, 0.3) is 0 Å². The standard InChI is InChI=1S/C29H39FN6O3/c1-17(2)26(16-38)35-29(39)33-23-10-8-22(9-11-23)32-27-24-14-20(19-5-4-6-21(30)13-19)7-12-25(24)34-28(36-27)31-18(3)15-37/h4-7,12-14,17-18,22-23,26,37-38H,8-11,15-16H2,1-3H3,(H2,33,35,39)(H2,31,32,34,36)/t18-,22?,23?,26+/m1/s1. The van der Waals surface area contributed by atoms with Gasteiger partial charge in [0.05, 0.1) is 24.8 Å². The van der Waals surface area contributed by atoms with E-state index in [4.69, 9.17) is 4.98 Å². The summed E-state index contributed by atoms with van der Waals surface area (Å²) in [6, 6.07) is 11.7. The molecule has 2 aromatic carbocycles. The molecule has 10 heteroatoms. The van der Waals surface area contributed by atoms with Crippen molar-refractivity contribution >= 4 is 28.7 Å². The number of amides is 2. The second-order valence-electron chi connectivity index (χ2n) is 10.7. The van der Waals surface area contributed by atoms with Crippen molar-refractivity contribution in [1.82, 2.24) is 20.6 Å². The predicted octanol–water partition coefficient (Wildman–Crippen LogP) is 4.27. The molecule has 1 fully saturated rings. The van der Waals surface area contributed by atoms with Gasteiger partial charge in [-0.15, -0.1) is 0 Å². The Labute approximate surface area is 228 Å². The van der Waals surface area contributed by atoms with E-state index >= 15 is 0 Å². The van der Waals surface area contributed by atoms with Gasteiger partial charge in [-0.1, -0.05) is 32.0 Å². The predicted molar refractivity (Wildman–Crippen MR) is 152 cm³/mol. The van der Waals surface area contributed by atoms with Gasteiger partial charge in [-0.05, 0) is 73.9 Å². The Hall–Kier alpha value is -3.50. The molecule has 0 unspecified atom stereocenters. The summed E-state index contributed by atoms with van der Waals surface area (Å²) in [5, 5.41) is 32.4. The number of nitrogens with zero attached hydrogens (tertiary/aromatic N) is 2. The minimum Gasteiger partial charge on any atom is -0.394 e. The Bertz CT molecular complexity index is 1270. The SMILES string of the molecule is CC(C)[C@H](CO)NC(=O)NC1CCC(Nc2nc(N[C@H](C)CO)nc3ccc(-c4cccc(F)c4)cc23)CC1. The van der Waals surface area contributed by atoms with Crippen LogP contribution in [0.15, 0.2) is 42.5 Å². The van der Waals surface area contributed by atoms with E-state index in [1.165, 1.54) is 12.1 Å². The van der Waals surface area contributed by atoms with Gasteiger partial charge >= 0.3 is 6.03 Å². The van der Waals surface area contributed by atoms with E-state index < -0.39 is 0 Å². The maximum absolute atomic E-state index is 13.9. The van der Waals surface area contributed by atoms with Crippen LogP contribution >= 0.6 is 0 Å². The lowest BCUT2D eigenvalue weighted by Gasteiger charge is -2.31. The zero-order valence-electron chi connectivity index (χ0n) is 22.7. The molecule has 0 saturated heterocycles. The van der Waals surface area contributed by atoms with Crippen LogP contribution < -0.4 is 21.3 Å². The van der Waals surface area contributed by atoms with Gasteiger partial charge in [-0.3, -0.25) is 0 Å². The Balaban J connectivity index is 1.50. The molecule has 210 valence electrons. The summed E-state index contributed by atoms with van der Waals surface area (Å²) in [5.41, 5.74) is 2.36. The monoisotopic (exact) mass is 538 g/mol. The van der Waals surface area contributed by atoms with Crippen molar-refractivity contribution in [1.29, 1.82) is 0 Å². The van der Waals surface area contributed by atoms with Crippen LogP contribution in [0.25, 0.3) is 22.0 Å². The summed E-state index contributed by atoms with van der Waals surface area (Å²) in [7, 11) is 0. The lowest BCUT2D eigenvalue weighted by Crippen LogP contribution is -2.50. The van der Waals surface area contributed by atoms with Crippen molar-refractivity contribution in [2.24, 2.45) is 5.92 Å². The largest absolute Gasteiger partial charge is 0.394 e. The average Bonchev–Trinajstić information content (AvgIpc) is 2.92. The second kappa shape index (κ2) is 13.0. The number of hydrogen-bond acceptors (Lipinski definition) is 7. The third kappa shape index (κ3) is 7.54. The number of hydrogen-bond donors (Lipinski definition) is 6. The molecule has 39 heavy (non-hydrogen) atoms. The number of carbonyl (C=O) groups excluding carboxylic acids is 1. The molecule has 0 spiro atoms. The highest BCUT2D eigenvalue weighted by Crippen LogP contribution is 2.31. The minimum absolute atomic E-state index is 0.0521. The molecular weight excluding hydrogens is 499 g/mol. The Morgan fingerprint density at radius 3 is 2.36 bits per heavy atom. The first-order valence-electron chi connectivity index (χ1n) is 13.6. The maximum atomic E-state index is 13.9. The van der Waals surface area contributed by atoms with Gasteiger partial charge in [0, 0.05) is 23.5 Å². The number of halogens is 1. The highest BCUT2D eigenvalue weighted by molar-refractivity contribution is 5.93. The van der Waals surface area contributed by atoms with Crippen LogP contribution in [0.4, 0.5) is 21.0 Å². The highest BCUT2D eigenvalue weighted by atomic mass is 19.1. The lowest BCUT2D eigenvalue weighted by molar-refractivity contribution is 0.194. The van der Waals surface area contributed by atoms with Gasteiger partial charge in [0.1, 0.15) is 11.6 Å². The quantitative estimate of drug-likeness (QED) is 0.227. The van der Waals surface area contributed by atoms with Gasteiger partial charge in [-0.2, -0.15) is 4.98 Å². The summed E-state index contributed by atoms with van der Waals surface area (Å²) < 4.78 is 13.9. The Morgan fingerprint density at radius 1 is 0.974 bits per heavy atom. The van der Waals surface area contributed by atoms with E-state index in [1.54, 1.807) is 6.07 Å². The summed E-state index contributed by atoms with van der Waals surface area (Å²) in [5.74, 6) is 0.933. The normalized spacial score (nSPS) is 18.9. The lowest BCUT2D eigenvalue weighted by atomic mass is 9.91. The fourth-order valence-corrected chi connectivity index (χ4v) is 4.81. The van der Waals surface area contributed by atoms with Crippen LogP contribution in [-0.2, 0) is 0 Å². The van der Waals surface area contributed by atoms with E-state index in [0.717, 1.165) is 47.7 Å². The number of benzene rings is 2. The summed E-state index contributed by atoms with van der Waals surface area (Å²) in [4.78, 5) is 21.8. The number of aromatic nitrogens is 2. The number of urea groups is 1. The van der Waals surface area contributed by atoms with Crippen molar-refractivity contribution in [3.63, 3.8) is 0 Å². The molecular formula is C29H39FN6O3. The first kappa shape index (κ1) is 28.5. The van der Waals surface area contributed by atoms with Gasteiger partial charge in [-0.25, -0.2) is 14.2 Å². The molecule has 1 aliphatic rings. The maximum Gasteiger partial charge on any atom is 0.315 e. The summed E-state index contributed by atoms with van der Waals surface area (Å²) in [6.07, 6.45) is 3.29. The smallest absolute Gasteiger partial charge is 0.315 e. The molecule has 0 aliphatic heterocycles. The highest BCUT2D eigenvalue weighted by Gasteiger charge is 2.25. The fraction of sp³-hybridized carbons (Fsp3) is 0.483. The van der Waals surface area contributed by atoms with Gasteiger partial charge in [0.15, 0.2) is 0 Å². The number of anilines is 2. The molecule has 6 N–H and O–H groups in total. The zero-order chi connectivity index (χ0) is 27.9. The van der Waals surface area contributed by atoms with Crippen LogP contribution in [0.2, 0.25) is 0 Å². The van der Waals surface area contributed by atoms with Crippen molar-refractivity contribution < 1.29 is 19.4 Å². The van der Waals surface area contributed by atoms with E-state index in [-0.39, 0.29) is 55.1 Å². The first-order valence-corrected chi connectivity index (χ1v) is 13.6. The molecule has 1 aromatic heterocycles. The number of nitrogens with one attached hydrogen (secondary N) is 4. The van der Waals surface area contributed by atoms with Crippen molar-refractivity contribution in [2.45, 2.75) is 70.6 Å². The molecule has 3 aromatic rings. The van der Waals surface area contributed by atoms with Crippen LogP contribution in [0.5, 0.6) is 0 Å². The summed E-state index contributed by atoms with van der Waals surface area (Å²) >= 11 is 0. The molecule has 4 rings (SSSR count). The molecule has 1 heterocycles. The molecule has 0 bridgehead atoms. The molecule has 2 amide bonds. The van der Waals surface area contributed by atoms with E-state index in [9.17, 15) is 19.4 Å². The molecule has 0 radical (unpaired) electrons. The van der Waals surface area contributed by atoms with E-state index in [2.05, 4.69) is 26.3 Å². The number of fused-ring (bicyclic) bond motifs is 1. The van der Waals surface area contributed by atoms with Crippen LogP contribution in [0.1, 0.15) is 46.5 Å². The molecule has 1 aliphatic carbocycles. The van der Waals surface area contributed by atoms with Gasteiger partial charge in [0.2, 0.25) is 5.95 Å². The van der Waals surface area contributed by atoms with Crippen LogP contribution in [0.3, 0.4) is 0 Å². The summed E-state index contributed by atoms with van der Waals surface area (Å²) in [6.45, 7) is 5.62. The first-order chi connectivity index (χ1) is 18.7. The topological polar surface area (TPSA) is 131 Å². The zero-order valence-corrected chi connectivity index (χ0v) is 22.7. The molecule has 2 atom stereocenters. The van der Waals surface area contributed by atoms with E-state index in [0.29, 0.717) is 11.8 Å². The number of aliphatic hydroxyl groups excluding tert-OH is 2. The third-order valence-corrected chi connectivity index (χ3v) is 7.22. The number of rotatable bonds is 10. The van der Waals surface area contributed by atoms with Crippen molar-refractivity contribution in [2.75, 3.05) is 23.8 Å². The minimum atomic E-state index is -0.296. The fourth-order valence-electron chi connectivity index (χ4n) is 4.81. The Kier molecular flexibility index (Phi) is 9.53. The second-order valence-corrected chi connectivity index (χ2v) is 10.7.